The molecule has 0 aromatic heterocycles. The van der Waals surface area contributed by atoms with Crippen molar-refractivity contribution in [3.63, 3.8) is 0 Å². The van der Waals surface area contributed by atoms with Crippen LogP contribution in [-0.4, -0.2) is 48.6 Å². The van der Waals surface area contributed by atoms with E-state index in [4.69, 9.17) is 5.73 Å². The quantitative estimate of drug-likeness (QED) is 0.911. The van der Waals surface area contributed by atoms with E-state index in [1.54, 1.807) is 0 Å². The summed E-state index contributed by atoms with van der Waals surface area (Å²) in [5.41, 5.74) is 6.39. The van der Waals surface area contributed by atoms with E-state index in [0.717, 1.165) is 18.7 Å². The molecule has 0 saturated carbocycles. The Morgan fingerprint density at radius 2 is 1.90 bits per heavy atom. The van der Waals surface area contributed by atoms with Gasteiger partial charge in [0.2, 0.25) is 0 Å². The molecule has 0 amide bonds. The highest BCUT2D eigenvalue weighted by Gasteiger charge is 2.35. The fraction of sp³-hybridized carbons (Fsp3) is 0.588. The lowest BCUT2D eigenvalue weighted by Crippen LogP contribution is -2.47. The number of nitrogens with two attached hydrogens (primary N) is 1. The highest BCUT2D eigenvalue weighted by atomic mass is 15.3. The van der Waals surface area contributed by atoms with Crippen LogP contribution < -0.4 is 5.73 Å². The van der Waals surface area contributed by atoms with Gasteiger partial charge in [-0.25, -0.2) is 0 Å². The summed E-state index contributed by atoms with van der Waals surface area (Å²) in [5, 5.41) is 9.56. The molecule has 2 fully saturated rings. The second-order valence-electron chi connectivity index (χ2n) is 6.37. The molecule has 0 bridgehead atoms. The summed E-state index contributed by atoms with van der Waals surface area (Å²) in [4.78, 5) is 4.96. The van der Waals surface area contributed by atoms with Gasteiger partial charge in [-0.05, 0) is 44.5 Å². The van der Waals surface area contributed by atoms with Crippen molar-refractivity contribution in [3.8, 4) is 6.07 Å². The van der Waals surface area contributed by atoms with Gasteiger partial charge in [-0.3, -0.25) is 9.80 Å². The molecule has 4 heteroatoms. The van der Waals surface area contributed by atoms with Crippen molar-refractivity contribution in [2.24, 2.45) is 5.73 Å². The third-order valence-electron chi connectivity index (χ3n) is 4.87. The van der Waals surface area contributed by atoms with Crippen LogP contribution in [0, 0.1) is 11.3 Å². The summed E-state index contributed by atoms with van der Waals surface area (Å²) in [6.45, 7) is 5.20. The molecule has 1 aromatic rings. The Balaban J connectivity index is 1.64. The molecule has 1 aromatic carbocycles. The number of rotatable bonds is 4. The molecule has 2 aliphatic rings. The van der Waals surface area contributed by atoms with Gasteiger partial charge >= 0.3 is 0 Å². The summed E-state index contributed by atoms with van der Waals surface area (Å²) in [7, 11) is 0. The molecular weight excluding hydrogens is 260 g/mol. The van der Waals surface area contributed by atoms with E-state index >= 15 is 0 Å². The molecule has 0 aliphatic carbocycles. The van der Waals surface area contributed by atoms with Gasteiger partial charge in [0, 0.05) is 19.1 Å². The molecule has 2 saturated heterocycles. The standard InChI is InChI=1S/C17H24N4/c18-13-17(19,15-6-2-1-3-7-15)14-20-11-8-16(12-20)21-9-4-5-10-21/h1-3,6-7,16H,4-5,8-12,14,19H2. The molecule has 112 valence electrons. The summed E-state index contributed by atoms with van der Waals surface area (Å²) in [5.74, 6) is 0. The van der Waals surface area contributed by atoms with Crippen molar-refractivity contribution in [1.82, 2.24) is 9.80 Å². The van der Waals surface area contributed by atoms with Crippen LogP contribution >= 0.6 is 0 Å². The Morgan fingerprint density at radius 1 is 1.19 bits per heavy atom. The molecule has 0 spiro atoms. The Labute approximate surface area is 127 Å². The fourth-order valence-corrected chi connectivity index (χ4v) is 3.64. The minimum Gasteiger partial charge on any atom is -0.309 e. The molecule has 21 heavy (non-hydrogen) atoms. The Kier molecular flexibility index (Phi) is 4.25. The van der Waals surface area contributed by atoms with E-state index in [1.807, 2.05) is 30.3 Å². The molecule has 4 nitrogen and oxygen atoms in total. The third kappa shape index (κ3) is 3.11. The van der Waals surface area contributed by atoms with Gasteiger partial charge < -0.3 is 5.73 Å². The second kappa shape index (κ2) is 6.15. The van der Waals surface area contributed by atoms with Gasteiger partial charge in [-0.2, -0.15) is 5.26 Å². The van der Waals surface area contributed by atoms with Crippen molar-refractivity contribution in [3.05, 3.63) is 35.9 Å². The SMILES string of the molecule is N#CC(N)(CN1CCC(N2CCCC2)C1)c1ccccc1. The first-order chi connectivity index (χ1) is 10.2. The van der Waals surface area contributed by atoms with Crippen LogP contribution in [0.15, 0.2) is 30.3 Å². The lowest BCUT2D eigenvalue weighted by atomic mass is 9.92. The molecule has 2 heterocycles. The third-order valence-corrected chi connectivity index (χ3v) is 4.87. The van der Waals surface area contributed by atoms with Gasteiger partial charge in [0.1, 0.15) is 5.54 Å². The average molecular weight is 284 g/mol. The number of hydrogen-bond donors (Lipinski definition) is 1. The van der Waals surface area contributed by atoms with Gasteiger partial charge in [-0.15, -0.1) is 0 Å². The maximum absolute atomic E-state index is 9.56. The Bertz CT molecular complexity index is 503. The first kappa shape index (κ1) is 14.5. The highest BCUT2D eigenvalue weighted by Crippen LogP contribution is 2.24. The van der Waals surface area contributed by atoms with Gasteiger partial charge in [0.05, 0.1) is 6.07 Å². The molecule has 2 atom stereocenters. The zero-order valence-electron chi connectivity index (χ0n) is 12.5. The number of nitriles is 1. The smallest absolute Gasteiger partial charge is 0.142 e. The van der Waals surface area contributed by atoms with Crippen LogP contribution in [0.2, 0.25) is 0 Å². The lowest BCUT2D eigenvalue weighted by Gasteiger charge is -2.29. The summed E-state index contributed by atoms with van der Waals surface area (Å²) >= 11 is 0. The Morgan fingerprint density at radius 3 is 2.57 bits per heavy atom. The van der Waals surface area contributed by atoms with Crippen molar-refractivity contribution >= 4 is 0 Å². The van der Waals surface area contributed by atoms with Crippen LogP contribution in [0.3, 0.4) is 0 Å². The first-order valence-electron chi connectivity index (χ1n) is 7.93. The van der Waals surface area contributed by atoms with Crippen molar-refractivity contribution in [2.45, 2.75) is 30.8 Å². The minimum absolute atomic E-state index is 0.623. The molecule has 2 unspecified atom stereocenters. The molecule has 0 radical (unpaired) electrons. The van der Waals surface area contributed by atoms with E-state index in [1.165, 1.54) is 32.4 Å². The summed E-state index contributed by atoms with van der Waals surface area (Å²) in [6.07, 6.45) is 3.87. The van der Waals surface area contributed by atoms with Gasteiger partial charge in [-0.1, -0.05) is 30.3 Å². The van der Waals surface area contributed by atoms with Crippen molar-refractivity contribution in [2.75, 3.05) is 32.7 Å². The van der Waals surface area contributed by atoms with E-state index in [-0.39, 0.29) is 0 Å². The van der Waals surface area contributed by atoms with Gasteiger partial charge in [0.25, 0.3) is 0 Å². The number of hydrogen-bond acceptors (Lipinski definition) is 4. The maximum atomic E-state index is 9.56. The maximum Gasteiger partial charge on any atom is 0.142 e. The largest absolute Gasteiger partial charge is 0.309 e. The monoisotopic (exact) mass is 284 g/mol. The van der Waals surface area contributed by atoms with Gasteiger partial charge in [0.15, 0.2) is 0 Å². The average Bonchev–Trinajstić information content (AvgIpc) is 3.19. The van der Waals surface area contributed by atoms with Crippen LogP contribution in [-0.2, 0) is 5.54 Å². The van der Waals surface area contributed by atoms with E-state index in [2.05, 4.69) is 15.9 Å². The van der Waals surface area contributed by atoms with E-state index in [0.29, 0.717) is 12.6 Å². The topological polar surface area (TPSA) is 56.3 Å². The summed E-state index contributed by atoms with van der Waals surface area (Å²) < 4.78 is 0. The Hall–Kier alpha value is -1.41. The van der Waals surface area contributed by atoms with Crippen LogP contribution in [0.5, 0.6) is 0 Å². The number of nitrogens with zero attached hydrogens (tertiary/aromatic N) is 3. The van der Waals surface area contributed by atoms with Crippen LogP contribution in [0.4, 0.5) is 0 Å². The van der Waals surface area contributed by atoms with Crippen LogP contribution in [0.1, 0.15) is 24.8 Å². The zero-order valence-corrected chi connectivity index (χ0v) is 12.5. The number of likely N-dealkylation sites (tertiary alicyclic amines) is 2. The molecule has 2 N–H and O–H groups in total. The predicted octanol–water partition coefficient (Wildman–Crippen LogP) is 1.53. The lowest BCUT2D eigenvalue weighted by molar-refractivity contribution is 0.220. The first-order valence-corrected chi connectivity index (χ1v) is 7.93. The summed E-state index contributed by atoms with van der Waals surface area (Å²) in [6, 6.07) is 12.8. The molecular formula is C17H24N4. The zero-order chi connectivity index (χ0) is 14.7. The number of benzene rings is 1. The molecule has 3 rings (SSSR count). The van der Waals surface area contributed by atoms with Crippen LogP contribution in [0.25, 0.3) is 0 Å². The van der Waals surface area contributed by atoms with Crippen molar-refractivity contribution < 1.29 is 0 Å². The molecule has 2 aliphatic heterocycles. The van der Waals surface area contributed by atoms with Crippen molar-refractivity contribution in [1.29, 1.82) is 5.26 Å². The second-order valence-corrected chi connectivity index (χ2v) is 6.37. The van der Waals surface area contributed by atoms with E-state index < -0.39 is 5.54 Å². The van der Waals surface area contributed by atoms with E-state index in [9.17, 15) is 5.26 Å². The predicted molar refractivity (Wildman–Crippen MR) is 83.6 cm³/mol. The normalized spacial score (nSPS) is 26.6. The minimum atomic E-state index is -0.902. The fourth-order valence-electron chi connectivity index (χ4n) is 3.64. The highest BCUT2D eigenvalue weighted by molar-refractivity contribution is 5.31.